The van der Waals surface area contributed by atoms with Gasteiger partial charge >= 0.3 is 0 Å². The number of nitrogens with zero attached hydrogens (tertiary/aromatic N) is 2. The van der Waals surface area contributed by atoms with Crippen LogP contribution < -0.4 is 16.8 Å². The number of nitrogens with one attached hydrogen (secondary N) is 3. The molecule has 2 aromatic heterocycles. The van der Waals surface area contributed by atoms with E-state index in [2.05, 4.69) is 25.3 Å². The topological polar surface area (TPSA) is 156 Å². The maximum atomic E-state index is 12.3. The van der Waals surface area contributed by atoms with Crippen LogP contribution in [0.2, 0.25) is 0 Å². The van der Waals surface area contributed by atoms with Gasteiger partial charge in [0.15, 0.2) is 5.82 Å². The molecular formula is C12H11N7O2. The van der Waals surface area contributed by atoms with Crippen LogP contribution in [0.1, 0.15) is 21.0 Å². The number of imidazole rings is 2. The number of fused-ring (bicyclic) bond motifs is 1. The lowest BCUT2D eigenvalue weighted by atomic mass is 10.1. The van der Waals surface area contributed by atoms with Crippen LogP contribution in [-0.4, -0.2) is 31.8 Å². The van der Waals surface area contributed by atoms with Crippen molar-refractivity contribution in [2.45, 2.75) is 0 Å². The summed E-state index contributed by atoms with van der Waals surface area (Å²) < 4.78 is 0. The molecule has 0 fully saturated rings. The number of amides is 2. The van der Waals surface area contributed by atoms with E-state index in [9.17, 15) is 9.59 Å². The van der Waals surface area contributed by atoms with Gasteiger partial charge in [0.1, 0.15) is 5.52 Å². The van der Waals surface area contributed by atoms with E-state index in [4.69, 9.17) is 11.5 Å². The molecular weight excluding hydrogens is 274 g/mol. The number of benzene rings is 1. The Labute approximate surface area is 117 Å². The normalized spacial score (nSPS) is 10.7. The number of rotatable bonds is 3. The minimum atomic E-state index is -0.720. The number of hydrogen-bond acceptors (Lipinski definition) is 5. The highest BCUT2D eigenvalue weighted by Crippen LogP contribution is 2.21. The molecule has 0 aliphatic heterocycles. The van der Waals surface area contributed by atoms with Crippen LogP contribution in [0.3, 0.4) is 0 Å². The quantitative estimate of drug-likeness (QED) is 0.435. The Balaban J connectivity index is 2.08. The number of hydrogen-bond donors (Lipinski definition) is 5. The third-order valence-electron chi connectivity index (χ3n) is 2.82. The summed E-state index contributed by atoms with van der Waals surface area (Å²) in [5.74, 6) is -0.921. The monoisotopic (exact) mass is 285 g/mol. The highest BCUT2D eigenvalue weighted by molar-refractivity contribution is 6.12. The zero-order chi connectivity index (χ0) is 15.0. The van der Waals surface area contributed by atoms with Crippen molar-refractivity contribution < 1.29 is 9.59 Å². The fourth-order valence-corrected chi connectivity index (χ4v) is 1.94. The molecule has 3 aromatic rings. The van der Waals surface area contributed by atoms with Gasteiger partial charge in [-0.05, 0) is 12.1 Å². The SMILES string of the molecule is NC(=O)c1nc2c(C(=O)Nc3ncc[nH]3)cc(N)cc2[nH]1. The van der Waals surface area contributed by atoms with Crippen molar-refractivity contribution in [3.05, 3.63) is 35.9 Å². The van der Waals surface area contributed by atoms with Gasteiger partial charge in [-0.15, -0.1) is 0 Å². The van der Waals surface area contributed by atoms with Crippen LogP contribution in [0.25, 0.3) is 11.0 Å². The number of aromatic amines is 2. The standard InChI is InChI=1S/C12H11N7O2/c13-5-3-6(11(21)19-12-15-1-2-16-12)8-7(4-5)17-10(18-8)9(14)20/h1-4H,13H2,(H2,14,20)(H,17,18)(H2,15,16,19,21). The minimum Gasteiger partial charge on any atom is -0.399 e. The minimum absolute atomic E-state index is 0.0392. The first-order valence-corrected chi connectivity index (χ1v) is 5.94. The van der Waals surface area contributed by atoms with Crippen LogP contribution in [0.4, 0.5) is 11.6 Å². The van der Waals surface area contributed by atoms with Gasteiger partial charge in [0.05, 0.1) is 11.1 Å². The van der Waals surface area contributed by atoms with Gasteiger partial charge in [-0.2, -0.15) is 0 Å². The van der Waals surface area contributed by atoms with E-state index < -0.39 is 11.8 Å². The smallest absolute Gasteiger partial charge is 0.284 e. The number of carbonyl (C=O) groups excluding carboxylic acids is 2. The summed E-state index contributed by atoms with van der Waals surface area (Å²) in [5, 5.41) is 2.56. The van der Waals surface area contributed by atoms with Crippen LogP contribution in [0.15, 0.2) is 24.5 Å². The van der Waals surface area contributed by atoms with Crippen LogP contribution in [0, 0.1) is 0 Å². The summed E-state index contributed by atoms with van der Waals surface area (Å²) >= 11 is 0. The summed E-state index contributed by atoms with van der Waals surface area (Å²) in [6.07, 6.45) is 3.08. The lowest BCUT2D eigenvalue weighted by Crippen LogP contribution is -2.14. The first-order valence-electron chi connectivity index (χ1n) is 5.94. The molecule has 2 heterocycles. The van der Waals surface area contributed by atoms with Gasteiger partial charge in [-0.1, -0.05) is 0 Å². The van der Waals surface area contributed by atoms with E-state index in [-0.39, 0.29) is 11.4 Å². The van der Waals surface area contributed by atoms with Crippen molar-refractivity contribution >= 4 is 34.5 Å². The molecule has 2 amide bonds. The summed E-state index contributed by atoms with van der Waals surface area (Å²) in [6, 6.07) is 3.03. The Kier molecular flexibility index (Phi) is 2.79. The average Bonchev–Trinajstić information content (AvgIpc) is 3.06. The van der Waals surface area contributed by atoms with Crippen molar-refractivity contribution in [3.8, 4) is 0 Å². The summed E-state index contributed by atoms with van der Waals surface area (Å²) in [7, 11) is 0. The summed E-state index contributed by atoms with van der Waals surface area (Å²) in [4.78, 5) is 36.8. The molecule has 0 bridgehead atoms. The number of nitrogens with two attached hydrogens (primary N) is 2. The van der Waals surface area contributed by atoms with Gasteiger partial charge in [0.25, 0.3) is 11.8 Å². The first-order chi connectivity index (χ1) is 10.0. The second-order valence-corrected chi connectivity index (χ2v) is 4.31. The van der Waals surface area contributed by atoms with Crippen LogP contribution in [0.5, 0.6) is 0 Å². The Morgan fingerprint density at radius 1 is 1.29 bits per heavy atom. The van der Waals surface area contributed by atoms with Crippen molar-refractivity contribution in [1.29, 1.82) is 0 Å². The fourth-order valence-electron chi connectivity index (χ4n) is 1.94. The predicted molar refractivity (Wildman–Crippen MR) is 75.6 cm³/mol. The molecule has 21 heavy (non-hydrogen) atoms. The molecule has 7 N–H and O–H groups in total. The second kappa shape index (κ2) is 4.63. The lowest BCUT2D eigenvalue weighted by molar-refractivity contribution is 0.0989. The molecule has 9 heteroatoms. The van der Waals surface area contributed by atoms with Crippen molar-refractivity contribution in [2.75, 3.05) is 11.1 Å². The highest BCUT2D eigenvalue weighted by atomic mass is 16.2. The third-order valence-corrected chi connectivity index (χ3v) is 2.82. The molecule has 0 unspecified atom stereocenters. The number of anilines is 2. The Morgan fingerprint density at radius 2 is 2.10 bits per heavy atom. The number of carbonyl (C=O) groups is 2. The summed E-state index contributed by atoms with van der Waals surface area (Å²) in [6.45, 7) is 0. The summed E-state index contributed by atoms with van der Waals surface area (Å²) in [5.41, 5.74) is 12.3. The lowest BCUT2D eigenvalue weighted by Gasteiger charge is -2.04. The molecule has 0 atom stereocenters. The zero-order valence-electron chi connectivity index (χ0n) is 10.7. The first kappa shape index (κ1) is 12.7. The molecule has 106 valence electrons. The molecule has 0 saturated carbocycles. The average molecular weight is 285 g/mol. The largest absolute Gasteiger partial charge is 0.399 e. The van der Waals surface area contributed by atoms with Gasteiger partial charge in [0, 0.05) is 18.1 Å². The van der Waals surface area contributed by atoms with Crippen molar-refractivity contribution in [2.24, 2.45) is 5.73 Å². The Hall–Kier alpha value is -3.36. The van der Waals surface area contributed by atoms with E-state index in [0.717, 1.165) is 0 Å². The second-order valence-electron chi connectivity index (χ2n) is 4.31. The number of nitrogen functional groups attached to an aromatic ring is 1. The molecule has 0 radical (unpaired) electrons. The van der Waals surface area contributed by atoms with Gasteiger partial charge in [0.2, 0.25) is 5.95 Å². The number of aromatic nitrogens is 4. The van der Waals surface area contributed by atoms with E-state index in [1.54, 1.807) is 12.3 Å². The van der Waals surface area contributed by atoms with Crippen LogP contribution in [-0.2, 0) is 0 Å². The van der Waals surface area contributed by atoms with E-state index >= 15 is 0 Å². The van der Waals surface area contributed by atoms with E-state index in [1.165, 1.54) is 12.3 Å². The van der Waals surface area contributed by atoms with E-state index in [0.29, 0.717) is 22.7 Å². The van der Waals surface area contributed by atoms with Gasteiger partial charge < -0.3 is 21.4 Å². The highest BCUT2D eigenvalue weighted by Gasteiger charge is 2.17. The van der Waals surface area contributed by atoms with Gasteiger partial charge in [-0.3, -0.25) is 14.9 Å². The molecule has 3 rings (SSSR count). The molecule has 1 aromatic carbocycles. The maximum absolute atomic E-state index is 12.3. The third kappa shape index (κ3) is 2.27. The van der Waals surface area contributed by atoms with E-state index in [1.807, 2.05) is 0 Å². The molecule has 0 spiro atoms. The van der Waals surface area contributed by atoms with Crippen molar-refractivity contribution in [3.63, 3.8) is 0 Å². The molecule has 0 aliphatic rings. The number of primary amides is 1. The molecule has 0 saturated heterocycles. The predicted octanol–water partition coefficient (Wildman–Crippen LogP) is 0.219. The number of H-pyrrole nitrogens is 2. The fraction of sp³-hybridized carbons (Fsp3) is 0. The molecule has 0 aliphatic carbocycles. The zero-order valence-corrected chi connectivity index (χ0v) is 10.7. The Bertz CT molecular complexity index is 835. The maximum Gasteiger partial charge on any atom is 0.284 e. The van der Waals surface area contributed by atoms with Crippen molar-refractivity contribution in [1.82, 2.24) is 19.9 Å². The Morgan fingerprint density at radius 3 is 2.76 bits per heavy atom. The molecule has 9 nitrogen and oxygen atoms in total. The van der Waals surface area contributed by atoms with Crippen LogP contribution >= 0.6 is 0 Å². The van der Waals surface area contributed by atoms with Gasteiger partial charge in [-0.25, -0.2) is 9.97 Å².